The van der Waals surface area contributed by atoms with Crippen LogP contribution in [0.25, 0.3) is 0 Å². The average molecular weight is 521 g/mol. The lowest BCUT2D eigenvalue weighted by Crippen LogP contribution is -2.42. The lowest BCUT2D eigenvalue weighted by Gasteiger charge is -2.39. The molecule has 2 atom stereocenters. The highest BCUT2D eigenvalue weighted by Gasteiger charge is 2.33. The highest BCUT2D eigenvalue weighted by Crippen LogP contribution is 2.38. The van der Waals surface area contributed by atoms with E-state index in [1.165, 1.54) is 12.1 Å². The molecule has 3 heterocycles. The van der Waals surface area contributed by atoms with Gasteiger partial charge >= 0.3 is 0 Å². The number of nitrogens with zero attached hydrogens (tertiary/aromatic N) is 1. The topological polar surface area (TPSA) is 81.0 Å². The molecule has 0 unspecified atom stereocenters. The highest BCUT2D eigenvalue weighted by atomic mass is 19.1. The van der Waals surface area contributed by atoms with Crippen molar-refractivity contribution in [3.8, 4) is 5.75 Å². The molecule has 1 fully saturated rings. The molecule has 7 nitrogen and oxygen atoms in total. The lowest BCUT2D eigenvalue weighted by molar-refractivity contribution is -0.136. The van der Waals surface area contributed by atoms with E-state index in [2.05, 4.69) is 5.32 Å². The summed E-state index contributed by atoms with van der Waals surface area (Å²) in [6, 6.07) is 15.2. The maximum Gasteiger partial charge on any atom is 0.287 e. The lowest BCUT2D eigenvalue weighted by atomic mass is 9.87. The molecule has 5 rings (SSSR count). The largest absolute Gasteiger partial charge is 0.486 e. The molecule has 0 aliphatic carbocycles. The third-order valence-corrected chi connectivity index (χ3v) is 7.07. The van der Waals surface area contributed by atoms with Gasteiger partial charge in [-0.05, 0) is 72.4 Å². The summed E-state index contributed by atoms with van der Waals surface area (Å²) in [4.78, 5) is 27.4. The first kappa shape index (κ1) is 26.0. The summed E-state index contributed by atoms with van der Waals surface area (Å²) in [5.41, 5.74) is 2.74. The van der Waals surface area contributed by atoms with Gasteiger partial charge in [-0.2, -0.15) is 0 Å². The summed E-state index contributed by atoms with van der Waals surface area (Å²) in [5.74, 6) is 0.565. The van der Waals surface area contributed by atoms with E-state index in [0.717, 1.165) is 36.1 Å². The minimum atomic E-state index is -0.407. The Morgan fingerprint density at radius 3 is 2.79 bits per heavy atom. The molecular weight excluding hydrogens is 487 g/mol. The molecule has 0 radical (unpaired) electrons. The van der Waals surface area contributed by atoms with E-state index < -0.39 is 6.04 Å². The zero-order chi connectivity index (χ0) is 26.6. The van der Waals surface area contributed by atoms with Crippen LogP contribution in [0.3, 0.4) is 0 Å². The van der Waals surface area contributed by atoms with E-state index in [0.29, 0.717) is 31.0 Å². The van der Waals surface area contributed by atoms with Gasteiger partial charge in [0.25, 0.3) is 5.91 Å². The average Bonchev–Trinajstić information content (AvgIpc) is 3.62. The molecule has 3 aromatic rings. The molecule has 38 heavy (non-hydrogen) atoms. The fraction of sp³-hybridized carbons (Fsp3) is 0.400. The van der Waals surface area contributed by atoms with Crippen LogP contribution in [-0.4, -0.2) is 42.5 Å². The summed E-state index contributed by atoms with van der Waals surface area (Å²) in [6.45, 7) is 5.65. The van der Waals surface area contributed by atoms with Gasteiger partial charge in [0.2, 0.25) is 5.91 Å². The molecule has 8 heteroatoms. The Morgan fingerprint density at radius 2 is 2.03 bits per heavy atom. The smallest absolute Gasteiger partial charge is 0.287 e. The minimum Gasteiger partial charge on any atom is -0.486 e. The van der Waals surface area contributed by atoms with Crippen molar-refractivity contribution in [2.75, 3.05) is 19.7 Å². The Balaban J connectivity index is 1.31. The molecule has 2 amide bonds. The second kappa shape index (κ2) is 11.4. The summed E-state index contributed by atoms with van der Waals surface area (Å²) in [7, 11) is 0. The maximum absolute atomic E-state index is 14.2. The summed E-state index contributed by atoms with van der Waals surface area (Å²) in [5, 5.41) is 2.85. The molecule has 1 saturated heterocycles. The van der Waals surface area contributed by atoms with E-state index in [1.54, 1.807) is 18.2 Å². The SMILES string of the molecule is CC(C)C(=O)N1CCc2ccc(OCc3ccc(C(=O)NC[C@@H]4CCCO4)o3)cc2[C@H]1c1cccc(F)c1. The molecule has 2 aliphatic rings. The molecule has 1 aromatic heterocycles. The van der Waals surface area contributed by atoms with E-state index >= 15 is 0 Å². The van der Waals surface area contributed by atoms with E-state index in [-0.39, 0.29) is 42.0 Å². The minimum absolute atomic E-state index is 0.0251. The van der Waals surface area contributed by atoms with Crippen molar-refractivity contribution < 1.29 is 27.9 Å². The van der Waals surface area contributed by atoms with Crippen LogP contribution >= 0.6 is 0 Å². The number of carbonyl (C=O) groups excluding carboxylic acids is 2. The zero-order valence-electron chi connectivity index (χ0n) is 21.7. The Morgan fingerprint density at radius 1 is 1.16 bits per heavy atom. The number of nitrogens with one attached hydrogen (secondary N) is 1. The van der Waals surface area contributed by atoms with E-state index in [4.69, 9.17) is 13.9 Å². The number of furan rings is 1. The van der Waals surface area contributed by atoms with Crippen LogP contribution in [0.5, 0.6) is 5.75 Å². The van der Waals surface area contributed by atoms with Crippen LogP contribution in [0.15, 0.2) is 59.0 Å². The van der Waals surface area contributed by atoms with Gasteiger partial charge in [-0.3, -0.25) is 9.59 Å². The number of amides is 2. The fourth-order valence-corrected chi connectivity index (χ4v) is 5.12. The number of ether oxygens (including phenoxy) is 2. The van der Waals surface area contributed by atoms with Gasteiger partial charge in [0, 0.05) is 25.6 Å². The molecule has 1 N–H and O–H groups in total. The van der Waals surface area contributed by atoms with Gasteiger partial charge in [-0.25, -0.2) is 4.39 Å². The second-order valence-corrected chi connectivity index (χ2v) is 10.2. The summed E-state index contributed by atoms with van der Waals surface area (Å²) < 4.78 is 31.4. The van der Waals surface area contributed by atoms with Crippen LogP contribution in [0.4, 0.5) is 4.39 Å². The molecule has 200 valence electrons. The summed E-state index contributed by atoms with van der Waals surface area (Å²) >= 11 is 0. The number of carbonyl (C=O) groups is 2. The third-order valence-electron chi connectivity index (χ3n) is 7.07. The number of fused-ring (bicyclic) bond motifs is 1. The van der Waals surface area contributed by atoms with Crippen LogP contribution in [0, 0.1) is 11.7 Å². The second-order valence-electron chi connectivity index (χ2n) is 10.2. The van der Waals surface area contributed by atoms with Crippen molar-refractivity contribution in [1.29, 1.82) is 0 Å². The fourth-order valence-electron chi connectivity index (χ4n) is 5.12. The third kappa shape index (κ3) is 5.75. The van der Waals surface area contributed by atoms with Crippen molar-refractivity contribution in [3.05, 3.63) is 88.6 Å². The van der Waals surface area contributed by atoms with Crippen molar-refractivity contribution in [1.82, 2.24) is 10.2 Å². The van der Waals surface area contributed by atoms with Crippen molar-refractivity contribution in [2.45, 2.75) is 51.9 Å². The Kier molecular flexibility index (Phi) is 7.79. The molecule has 2 aliphatic heterocycles. The molecule has 2 aromatic carbocycles. The first-order chi connectivity index (χ1) is 18.4. The Bertz CT molecular complexity index is 1300. The number of hydrogen-bond donors (Lipinski definition) is 1. The molecule has 0 spiro atoms. The number of hydrogen-bond acceptors (Lipinski definition) is 5. The number of rotatable bonds is 8. The quantitative estimate of drug-likeness (QED) is 0.450. The Labute approximate surface area is 221 Å². The molecule has 0 bridgehead atoms. The van der Waals surface area contributed by atoms with Gasteiger partial charge in [0.1, 0.15) is 23.9 Å². The predicted molar refractivity (Wildman–Crippen MR) is 139 cm³/mol. The number of benzene rings is 2. The standard InChI is InChI=1S/C30H33FN2O5/c1-19(2)30(35)33-13-12-20-8-9-23(16-26(20)28(33)21-5-3-6-22(31)15-21)37-18-25-10-11-27(38-25)29(34)32-17-24-7-4-14-36-24/h3,5-6,8-11,15-16,19,24,28H,4,7,12-14,17-18H2,1-2H3,(H,32,34)/t24-,28+/m0/s1. The van der Waals surface area contributed by atoms with Crippen LogP contribution in [-0.2, 0) is 22.6 Å². The zero-order valence-corrected chi connectivity index (χ0v) is 21.7. The molecule has 0 saturated carbocycles. The predicted octanol–water partition coefficient (Wildman–Crippen LogP) is 5.04. The maximum atomic E-state index is 14.2. The van der Waals surface area contributed by atoms with Crippen LogP contribution in [0.2, 0.25) is 0 Å². The first-order valence-electron chi connectivity index (χ1n) is 13.2. The number of halogens is 1. The van der Waals surface area contributed by atoms with Crippen molar-refractivity contribution in [3.63, 3.8) is 0 Å². The Hall–Kier alpha value is -3.65. The van der Waals surface area contributed by atoms with Gasteiger partial charge < -0.3 is 24.1 Å². The van der Waals surface area contributed by atoms with Gasteiger partial charge in [0.15, 0.2) is 5.76 Å². The van der Waals surface area contributed by atoms with Crippen molar-refractivity contribution in [2.24, 2.45) is 5.92 Å². The monoisotopic (exact) mass is 520 g/mol. The van der Waals surface area contributed by atoms with Gasteiger partial charge in [-0.1, -0.05) is 32.0 Å². The molecular formula is C30H33FN2O5. The van der Waals surface area contributed by atoms with Crippen LogP contribution in [0.1, 0.15) is 65.7 Å². The van der Waals surface area contributed by atoms with E-state index in [1.807, 2.05) is 43.0 Å². The summed E-state index contributed by atoms with van der Waals surface area (Å²) in [6.07, 6.45) is 2.73. The first-order valence-corrected chi connectivity index (χ1v) is 13.2. The van der Waals surface area contributed by atoms with Gasteiger partial charge in [0.05, 0.1) is 12.1 Å². The highest BCUT2D eigenvalue weighted by molar-refractivity contribution is 5.91. The van der Waals surface area contributed by atoms with Crippen molar-refractivity contribution >= 4 is 11.8 Å². The van der Waals surface area contributed by atoms with Crippen LogP contribution < -0.4 is 10.1 Å². The van der Waals surface area contributed by atoms with Gasteiger partial charge in [-0.15, -0.1) is 0 Å². The normalized spacial score (nSPS) is 18.9. The van der Waals surface area contributed by atoms with E-state index in [9.17, 15) is 14.0 Å².